The highest BCUT2D eigenvalue weighted by Crippen LogP contribution is 2.44. The lowest BCUT2D eigenvalue weighted by atomic mass is 10.1. The number of H-pyrrole nitrogens is 1. The summed E-state index contributed by atoms with van der Waals surface area (Å²) in [7, 11) is -0.470. The van der Waals surface area contributed by atoms with Gasteiger partial charge in [0.05, 0.1) is 5.39 Å². The van der Waals surface area contributed by atoms with Crippen molar-refractivity contribution in [3.8, 4) is 0 Å². The van der Waals surface area contributed by atoms with E-state index in [-0.39, 0.29) is 17.8 Å². The zero-order valence-corrected chi connectivity index (χ0v) is 14.9. The molecule has 3 heterocycles. The van der Waals surface area contributed by atoms with Crippen LogP contribution in [0.4, 0.5) is 4.39 Å². The van der Waals surface area contributed by atoms with Gasteiger partial charge in [0.2, 0.25) is 0 Å². The number of fused-ring (bicyclic) bond motifs is 1. The molecule has 2 aromatic heterocycles. The SMILES string of the molecule is Cc1nc2[nH]c(C(=O)NC3CCS(C)(C)CC3)cc2c(F)c1C. The molecule has 0 saturated carbocycles. The number of aromatic amines is 1. The van der Waals surface area contributed by atoms with Gasteiger partial charge in [-0.25, -0.2) is 19.4 Å². The molecule has 0 bridgehead atoms. The van der Waals surface area contributed by atoms with Crippen LogP contribution < -0.4 is 5.32 Å². The molecule has 1 aliphatic rings. The van der Waals surface area contributed by atoms with Crippen molar-refractivity contribution in [1.82, 2.24) is 15.3 Å². The van der Waals surface area contributed by atoms with Crippen molar-refractivity contribution in [3.63, 3.8) is 0 Å². The number of nitrogens with one attached hydrogen (secondary N) is 2. The number of rotatable bonds is 2. The number of carbonyl (C=O) groups excluding carboxylic acids is 1. The summed E-state index contributed by atoms with van der Waals surface area (Å²) < 4.78 is 14.3. The summed E-state index contributed by atoms with van der Waals surface area (Å²) >= 11 is 0. The van der Waals surface area contributed by atoms with Gasteiger partial charge >= 0.3 is 0 Å². The Hall–Kier alpha value is -1.56. The predicted octanol–water partition coefficient (Wildman–Crippen LogP) is 3.28. The molecule has 0 spiro atoms. The van der Waals surface area contributed by atoms with Crippen molar-refractivity contribution in [3.05, 3.63) is 28.8 Å². The first-order valence-corrected chi connectivity index (χ1v) is 10.7. The summed E-state index contributed by atoms with van der Waals surface area (Å²) in [6, 6.07) is 1.79. The predicted molar refractivity (Wildman–Crippen MR) is 95.2 cm³/mol. The van der Waals surface area contributed by atoms with Crippen LogP contribution in [-0.4, -0.2) is 45.9 Å². The molecule has 0 atom stereocenters. The normalized spacial score (nSPS) is 19.7. The first-order valence-electron chi connectivity index (χ1n) is 7.92. The van der Waals surface area contributed by atoms with Crippen LogP contribution in [0.2, 0.25) is 0 Å². The summed E-state index contributed by atoms with van der Waals surface area (Å²) in [4.78, 5) is 19.7. The molecular weight excluding hydrogens is 313 g/mol. The number of aromatic nitrogens is 2. The van der Waals surface area contributed by atoms with Gasteiger partial charge in [0, 0.05) is 17.3 Å². The second kappa shape index (κ2) is 5.82. The van der Waals surface area contributed by atoms with Gasteiger partial charge in [-0.1, -0.05) is 0 Å². The van der Waals surface area contributed by atoms with Gasteiger partial charge in [-0.05, 0) is 56.8 Å². The van der Waals surface area contributed by atoms with Crippen molar-refractivity contribution in [2.45, 2.75) is 32.7 Å². The van der Waals surface area contributed by atoms with Crippen molar-refractivity contribution >= 4 is 27.0 Å². The van der Waals surface area contributed by atoms with Gasteiger partial charge in [0.25, 0.3) is 5.91 Å². The Morgan fingerprint density at radius 3 is 2.65 bits per heavy atom. The molecule has 0 unspecified atom stereocenters. The number of carbonyl (C=O) groups is 1. The Labute approximate surface area is 137 Å². The van der Waals surface area contributed by atoms with E-state index in [0.717, 1.165) is 12.8 Å². The molecule has 6 heteroatoms. The third-order valence-corrected chi connectivity index (χ3v) is 7.48. The minimum atomic E-state index is -0.470. The van der Waals surface area contributed by atoms with Crippen LogP contribution in [0, 0.1) is 19.7 Å². The van der Waals surface area contributed by atoms with Gasteiger partial charge < -0.3 is 10.3 Å². The van der Waals surface area contributed by atoms with Crippen LogP contribution in [0.1, 0.15) is 34.6 Å². The lowest BCUT2D eigenvalue weighted by Crippen LogP contribution is -2.39. The molecule has 1 aliphatic heterocycles. The molecule has 0 aromatic carbocycles. The fraction of sp³-hybridized carbons (Fsp3) is 0.529. The third kappa shape index (κ3) is 3.22. The lowest BCUT2D eigenvalue weighted by Gasteiger charge is -2.39. The molecule has 2 aromatic rings. The van der Waals surface area contributed by atoms with Gasteiger partial charge in [-0.15, -0.1) is 0 Å². The first kappa shape index (κ1) is 16.3. The number of hydrogen-bond acceptors (Lipinski definition) is 2. The van der Waals surface area contributed by atoms with Crippen molar-refractivity contribution in [2.24, 2.45) is 0 Å². The number of hydrogen-bond donors (Lipinski definition) is 2. The average Bonchev–Trinajstić information content (AvgIpc) is 2.91. The highest BCUT2D eigenvalue weighted by molar-refractivity contribution is 8.32. The Bertz CT molecular complexity index is 759. The van der Waals surface area contributed by atoms with Gasteiger partial charge in [0.15, 0.2) is 0 Å². The van der Waals surface area contributed by atoms with Crippen LogP contribution in [-0.2, 0) is 0 Å². The van der Waals surface area contributed by atoms with E-state index in [4.69, 9.17) is 0 Å². The molecule has 1 saturated heterocycles. The van der Waals surface area contributed by atoms with E-state index < -0.39 is 10.0 Å². The second-order valence-electron chi connectivity index (χ2n) is 7.00. The maximum Gasteiger partial charge on any atom is 0.267 e. The Balaban J connectivity index is 1.78. The molecule has 0 radical (unpaired) electrons. The minimum Gasteiger partial charge on any atom is -0.348 e. The quantitative estimate of drug-likeness (QED) is 0.883. The van der Waals surface area contributed by atoms with Gasteiger partial charge in [-0.3, -0.25) is 4.79 Å². The van der Waals surface area contributed by atoms with E-state index in [0.29, 0.717) is 28.0 Å². The van der Waals surface area contributed by atoms with Crippen LogP contribution in [0.5, 0.6) is 0 Å². The molecule has 1 amide bonds. The number of halogens is 1. The average molecular weight is 337 g/mol. The Kier molecular flexibility index (Phi) is 4.12. The summed E-state index contributed by atoms with van der Waals surface area (Å²) in [6.45, 7) is 3.47. The third-order valence-electron chi connectivity index (χ3n) is 4.80. The van der Waals surface area contributed by atoms with E-state index in [2.05, 4.69) is 27.8 Å². The van der Waals surface area contributed by atoms with Crippen LogP contribution in [0.25, 0.3) is 11.0 Å². The number of aryl methyl sites for hydroxylation is 1. The fourth-order valence-electron chi connectivity index (χ4n) is 3.01. The molecule has 1 fully saturated rings. The molecule has 126 valence electrons. The topological polar surface area (TPSA) is 57.8 Å². The summed E-state index contributed by atoms with van der Waals surface area (Å²) in [5.74, 6) is 1.92. The van der Waals surface area contributed by atoms with E-state index in [1.54, 1.807) is 19.9 Å². The number of pyridine rings is 1. The minimum absolute atomic E-state index is 0.169. The first-order chi connectivity index (χ1) is 10.8. The largest absolute Gasteiger partial charge is 0.348 e. The highest BCUT2D eigenvalue weighted by Gasteiger charge is 2.25. The maximum atomic E-state index is 14.3. The zero-order valence-electron chi connectivity index (χ0n) is 14.1. The highest BCUT2D eigenvalue weighted by atomic mass is 32.3. The standard InChI is InChI=1S/C17H24FN3OS/c1-10-11(2)19-16-13(15(10)18)9-14(21-16)17(22)20-12-5-7-23(3,4)8-6-12/h9,12H,5-8H2,1-4H3,(H,19,21)(H,20,22). The summed E-state index contributed by atoms with van der Waals surface area (Å²) in [6.07, 6.45) is 6.75. The van der Waals surface area contributed by atoms with E-state index in [9.17, 15) is 9.18 Å². The van der Waals surface area contributed by atoms with E-state index >= 15 is 0 Å². The Morgan fingerprint density at radius 1 is 1.35 bits per heavy atom. The molecule has 4 nitrogen and oxygen atoms in total. The van der Waals surface area contributed by atoms with Crippen molar-refractivity contribution in [2.75, 3.05) is 24.0 Å². The van der Waals surface area contributed by atoms with Crippen molar-refractivity contribution < 1.29 is 9.18 Å². The number of amides is 1. The molecule has 2 N–H and O–H groups in total. The number of nitrogens with zero attached hydrogens (tertiary/aromatic N) is 1. The Morgan fingerprint density at radius 2 is 2.00 bits per heavy atom. The van der Waals surface area contributed by atoms with Crippen LogP contribution >= 0.6 is 10.0 Å². The van der Waals surface area contributed by atoms with Gasteiger partial charge in [0.1, 0.15) is 17.2 Å². The summed E-state index contributed by atoms with van der Waals surface area (Å²) in [5.41, 5.74) is 1.99. The molecular formula is C17H24FN3OS. The van der Waals surface area contributed by atoms with Crippen LogP contribution in [0.15, 0.2) is 6.07 Å². The second-order valence-corrected chi connectivity index (χ2v) is 11.4. The zero-order chi connectivity index (χ0) is 16.8. The lowest BCUT2D eigenvalue weighted by molar-refractivity contribution is 0.0930. The summed E-state index contributed by atoms with van der Waals surface area (Å²) in [5, 5.41) is 3.46. The molecule has 3 rings (SSSR count). The maximum absolute atomic E-state index is 14.3. The van der Waals surface area contributed by atoms with Gasteiger partial charge in [-0.2, -0.15) is 0 Å². The van der Waals surface area contributed by atoms with E-state index in [1.807, 2.05) is 0 Å². The molecule has 23 heavy (non-hydrogen) atoms. The molecule has 0 aliphatic carbocycles. The van der Waals surface area contributed by atoms with Crippen molar-refractivity contribution in [1.29, 1.82) is 0 Å². The fourth-order valence-corrected chi connectivity index (χ4v) is 5.06. The van der Waals surface area contributed by atoms with E-state index in [1.165, 1.54) is 11.5 Å². The smallest absolute Gasteiger partial charge is 0.267 e. The monoisotopic (exact) mass is 337 g/mol. The van der Waals surface area contributed by atoms with Crippen LogP contribution in [0.3, 0.4) is 0 Å².